The molecule has 0 heterocycles. The summed E-state index contributed by atoms with van der Waals surface area (Å²) in [4.78, 5) is 10.0. The molecule has 0 aromatic heterocycles. The molecule has 0 amide bonds. The van der Waals surface area contributed by atoms with Gasteiger partial charge in [-0.2, -0.15) is 0 Å². The molecule has 0 bridgehead atoms. The highest BCUT2D eigenvalue weighted by Crippen LogP contribution is 2.09. The summed E-state index contributed by atoms with van der Waals surface area (Å²) in [5, 5.41) is 0. The van der Waals surface area contributed by atoms with Crippen LogP contribution in [0.1, 0.15) is 44.9 Å². The lowest BCUT2D eigenvalue weighted by Crippen LogP contribution is -2.12. The summed E-state index contributed by atoms with van der Waals surface area (Å²) in [5.41, 5.74) is 0. The quantitative estimate of drug-likeness (QED) is 0.310. The van der Waals surface area contributed by atoms with Crippen molar-refractivity contribution in [3.63, 3.8) is 0 Å². The van der Waals surface area contributed by atoms with Gasteiger partial charge in [-0.05, 0) is 19.3 Å². The fourth-order valence-corrected chi connectivity index (χ4v) is 1.40. The van der Waals surface area contributed by atoms with Gasteiger partial charge < -0.3 is 14.3 Å². The SMILES string of the molecule is COC(CCCCCCCC=O)OC. The normalized spacial score (nSPS) is 10.8. The van der Waals surface area contributed by atoms with Crippen LogP contribution in [0, 0.1) is 0 Å². The second-order valence-corrected chi connectivity index (χ2v) is 3.41. The molecule has 0 rings (SSSR count). The first-order chi connectivity index (χ1) is 6.85. The standard InChI is InChI=1S/C11H22O3/c1-13-11(14-2)9-7-5-3-4-6-8-10-12/h10-11H,3-9H2,1-2H3. The number of unbranched alkanes of at least 4 members (excludes halogenated alkanes) is 5. The van der Waals surface area contributed by atoms with Gasteiger partial charge in [-0.1, -0.05) is 19.3 Å². The zero-order valence-corrected chi connectivity index (χ0v) is 9.33. The number of carbonyl (C=O) groups is 1. The van der Waals surface area contributed by atoms with E-state index in [1.54, 1.807) is 14.2 Å². The third kappa shape index (κ3) is 8.20. The Kier molecular flexibility index (Phi) is 10.4. The number of hydrogen-bond acceptors (Lipinski definition) is 3. The molecule has 14 heavy (non-hydrogen) atoms. The monoisotopic (exact) mass is 202 g/mol. The van der Waals surface area contributed by atoms with Crippen molar-refractivity contribution in [2.24, 2.45) is 0 Å². The Morgan fingerprint density at radius 2 is 1.57 bits per heavy atom. The Morgan fingerprint density at radius 1 is 1.00 bits per heavy atom. The highest BCUT2D eigenvalue weighted by Gasteiger charge is 2.03. The Labute approximate surface area is 86.8 Å². The highest BCUT2D eigenvalue weighted by atomic mass is 16.7. The average molecular weight is 202 g/mol. The maximum Gasteiger partial charge on any atom is 0.156 e. The van der Waals surface area contributed by atoms with E-state index in [0.29, 0.717) is 6.42 Å². The van der Waals surface area contributed by atoms with Crippen molar-refractivity contribution < 1.29 is 14.3 Å². The minimum atomic E-state index is -0.0509. The molecule has 0 fully saturated rings. The van der Waals surface area contributed by atoms with E-state index in [2.05, 4.69) is 0 Å². The van der Waals surface area contributed by atoms with Gasteiger partial charge in [0.15, 0.2) is 6.29 Å². The third-order valence-corrected chi connectivity index (χ3v) is 2.29. The van der Waals surface area contributed by atoms with Crippen LogP contribution in [-0.2, 0) is 14.3 Å². The first kappa shape index (κ1) is 13.6. The van der Waals surface area contributed by atoms with E-state index in [1.165, 1.54) is 12.8 Å². The van der Waals surface area contributed by atoms with Crippen LogP contribution in [0.2, 0.25) is 0 Å². The first-order valence-corrected chi connectivity index (χ1v) is 5.34. The Morgan fingerprint density at radius 3 is 2.14 bits per heavy atom. The number of methoxy groups -OCH3 is 2. The molecule has 84 valence electrons. The molecule has 0 aromatic carbocycles. The van der Waals surface area contributed by atoms with Gasteiger partial charge in [0.2, 0.25) is 0 Å². The molecule has 0 N–H and O–H groups in total. The van der Waals surface area contributed by atoms with Gasteiger partial charge >= 0.3 is 0 Å². The minimum absolute atomic E-state index is 0.0509. The number of rotatable bonds is 10. The number of aldehydes is 1. The van der Waals surface area contributed by atoms with E-state index in [-0.39, 0.29) is 6.29 Å². The molecular formula is C11H22O3. The zero-order chi connectivity index (χ0) is 10.6. The van der Waals surface area contributed by atoms with Crippen LogP contribution in [-0.4, -0.2) is 26.8 Å². The van der Waals surface area contributed by atoms with Crippen LogP contribution < -0.4 is 0 Å². The van der Waals surface area contributed by atoms with Crippen LogP contribution >= 0.6 is 0 Å². The lowest BCUT2D eigenvalue weighted by molar-refractivity contribution is -0.107. The molecule has 0 atom stereocenters. The van der Waals surface area contributed by atoms with Gasteiger partial charge in [-0.15, -0.1) is 0 Å². The van der Waals surface area contributed by atoms with Crippen LogP contribution in [0.3, 0.4) is 0 Å². The van der Waals surface area contributed by atoms with Crippen LogP contribution in [0.5, 0.6) is 0 Å². The third-order valence-electron chi connectivity index (χ3n) is 2.29. The lowest BCUT2D eigenvalue weighted by atomic mass is 10.1. The van der Waals surface area contributed by atoms with Crippen molar-refractivity contribution in [1.82, 2.24) is 0 Å². The molecule has 0 aliphatic rings. The number of hydrogen-bond donors (Lipinski definition) is 0. The van der Waals surface area contributed by atoms with Gasteiger partial charge in [-0.25, -0.2) is 0 Å². The van der Waals surface area contributed by atoms with Crippen molar-refractivity contribution in [3.8, 4) is 0 Å². The van der Waals surface area contributed by atoms with E-state index in [0.717, 1.165) is 32.0 Å². The molecule has 0 radical (unpaired) electrons. The van der Waals surface area contributed by atoms with Crippen molar-refractivity contribution >= 4 is 6.29 Å². The number of carbonyl (C=O) groups excluding carboxylic acids is 1. The van der Waals surface area contributed by atoms with Crippen molar-refractivity contribution in [2.75, 3.05) is 14.2 Å². The van der Waals surface area contributed by atoms with E-state index >= 15 is 0 Å². The highest BCUT2D eigenvalue weighted by molar-refractivity contribution is 5.48. The van der Waals surface area contributed by atoms with Gasteiger partial charge in [0.05, 0.1) is 0 Å². The molecule has 0 saturated carbocycles. The molecule has 3 nitrogen and oxygen atoms in total. The van der Waals surface area contributed by atoms with Gasteiger partial charge in [-0.3, -0.25) is 0 Å². The summed E-state index contributed by atoms with van der Waals surface area (Å²) < 4.78 is 10.2. The van der Waals surface area contributed by atoms with Crippen molar-refractivity contribution in [2.45, 2.75) is 51.2 Å². The summed E-state index contributed by atoms with van der Waals surface area (Å²) in [6.07, 6.45) is 8.32. The van der Waals surface area contributed by atoms with E-state index in [4.69, 9.17) is 9.47 Å². The summed E-state index contributed by atoms with van der Waals surface area (Å²) in [7, 11) is 3.33. The maximum absolute atomic E-state index is 10.0. The van der Waals surface area contributed by atoms with Crippen LogP contribution in [0.4, 0.5) is 0 Å². The molecule has 0 aliphatic carbocycles. The van der Waals surface area contributed by atoms with Crippen molar-refractivity contribution in [1.29, 1.82) is 0 Å². The summed E-state index contributed by atoms with van der Waals surface area (Å²) in [6, 6.07) is 0. The predicted molar refractivity (Wildman–Crippen MR) is 56.2 cm³/mol. The fourth-order valence-electron chi connectivity index (χ4n) is 1.40. The van der Waals surface area contributed by atoms with E-state index in [9.17, 15) is 4.79 Å². The van der Waals surface area contributed by atoms with Gasteiger partial charge in [0.25, 0.3) is 0 Å². The largest absolute Gasteiger partial charge is 0.356 e. The Balaban J connectivity index is 3.08. The van der Waals surface area contributed by atoms with E-state index < -0.39 is 0 Å². The molecule has 3 heteroatoms. The van der Waals surface area contributed by atoms with Crippen LogP contribution in [0.15, 0.2) is 0 Å². The minimum Gasteiger partial charge on any atom is -0.356 e. The second-order valence-electron chi connectivity index (χ2n) is 3.41. The Bertz CT molecular complexity index is 122. The molecular weight excluding hydrogens is 180 g/mol. The van der Waals surface area contributed by atoms with Gasteiger partial charge in [0, 0.05) is 20.6 Å². The first-order valence-electron chi connectivity index (χ1n) is 5.34. The Hall–Kier alpha value is -0.410. The van der Waals surface area contributed by atoms with Crippen molar-refractivity contribution in [3.05, 3.63) is 0 Å². The molecule has 0 aromatic rings. The molecule has 0 aliphatic heterocycles. The summed E-state index contributed by atoms with van der Waals surface area (Å²) >= 11 is 0. The van der Waals surface area contributed by atoms with Crippen LogP contribution in [0.25, 0.3) is 0 Å². The molecule has 0 spiro atoms. The molecule has 0 unspecified atom stereocenters. The molecule has 0 saturated heterocycles. The van der Waals surface area contributed by atoms with E-state index in [1.807, 2.05) is 0 Å². The smallest absolute Gasteiger partial charge is 0.156 e. The summed E-state index contributed by atoms with van der Waals surface area (Å²) in [6.45, 7) is 0. The fraction of sp³-hybridized carbons (Fsp3) is 0.909. The van der Waals surface area contributed by atoms with Gasteiger partial charge in [0.1, 0.15) is 6.29 Å². The predicted octanol–water partition coefficient (Wildman–Crippen LogP) is 2.53. The summed E-state index contributed by atoms with van der Waals surface area (Å²) in [5.74, 6) is 0. The topological polar surface area (TPSA) is 35.5 Å². The second kappa shape index (κ2) is 10.7. The zero-order valence-electron chi connectivity index (χ0n) is 9.33. The average Bonchev–Trinajstić information content (AvgIpc) is 2.22. The maximum atomic E-state index is 10.0. The lowest BCUT2D eigenvalue weighted by Gasteiger charge is -2.12. The number of ether oxygens (including phenoxy) is 2.